The number of carbonyl (C=O) groups excluding carboxylic acids is 1. The fourth-order valence-corrected chi connectivity index (χ4v) is 2.16. The molecule has 1 aromatic rings. The van der Waals surface area contributed by atoms with Gasteiger partial charge in [-0.3, -0.25) is 4.79 Å². The number of hydrogen-bond acceptors (Lipinski definition) is 4. The van der Waals surface area contributed by atoms with Crippen LogP contribution in [0.5, 0.6) is 0 Å². The first-order chi connectivity index (χ1) is 8.31. The second-order valence-corrected chi connectivity index (χ2v) is 4.36. The van der Waals surface area contributed by atoms with Crippen molar-refractivity contribution in [3.05, 3.63) is 11.9 Å². The molecule has 1 heterocycles. The fourth-order valence-electron chi connectivity index (χ4n) is 2.16. The van der Waals surface area contributed by atoms with Crippen LogP contribution >= 0.6 is 0 Å². The number of amides is 1. The van der Waals surface area contributed by atoms with E-state index in [9.17, 15) is 4.79 Å². The zero-order chi connectivity index (χ0) is 12.1. The van der Waals surface area contributed by atoms with Crippen LogP contribution in [0, 0.1) is 0 Å². The van der Waals surface area contributed by atoms with Crippen molar-refractivity contribution in [1.82, 2.24) is 20.3 Å². The van der Waals surface area contributed by atoms with Crippen LogP contribution in [0.4, 0.5) is 0 Å². The molecule has 1 aliphatic rings. The molecule has 0 aromatic carbocycles. The quantitative estimate of drug-likeness (QED) is 0.800. The lowest BCUT2D eigenvalue weighted by Crippen LogP contribution is -2.26. The maximum Gasteiger partial charge on any atom is 0.273 e. The minimum Gasteiger partial charge on any atom is -0.395 e. The van der Waals surface area contributed by atoms with E-state index in [1.54, 1.807) is 10.9 Å². The number of aromatic nitrogens is 3. The van der Waals surface area contributed by atoms with Gasteiger partial charge in [0.25, 0.3) is 5.91 Å². The topological polar surface area (TPSA) is 80.0 Å². The molecule has 1 fully saturated rings. The van der Waals surface area contributed by atoms with Crippen LogP contribution in [0.3, 0.4) is 0 Å². The van der Waals surface area contributed by atoms with Crippen molar-refractivity contribution >= 4 is 5.91 Å². The van der Waals surface area contributed by atoms with Crippen LogP contribution in [0.25, 0.3) is 0 Å². The van der Waals surface area contributed by atoms with Crippen LogP contribution < -0.4 is 5.32 Å². The predicted molar refractivity (Wildman–Crippen MR) is 61.6 cm³/mol. The minimum absolute atomic E-state index is 0.0670. The molecule has 2 N–H and O–H groups in total. The van der Waals surface area contributed by atoms with Crippen molar-refractivity contribution in [1.29, 1.82) is 0 Å². The van der Waals surface area contributed by atoms with Gasteiger partial charge < -0.3 is 10.4 Å². The van der Waals surface area contributed by atoms with E-state index in [1.165, 1.54) is 19.3 Å². The fraction of sp³-hybridized carbons (Fsp3) is 0.727. The molecule has 1 aromatic heterocycles. The molecule has 6 heteroatoms. The Bertz CT molecular complexity index is 371. The van der Waals surface area contributed by atoms with Gasteiger partial charge in [-0.05, 0) is 12.8 Å². The normalized spacial score (nSPS) is 17.0. The van der Waals surface area contributed by atoms with Crippen LogP contribution in [0.2, 0.25) is 0 Å². The van der Waals surface area contributed by atoms with Gasteiger partial charge in [0.1, 0.15) is 0 Å². The Morgan fingerprint density at radius 1 is 1.47 bits per heavy atom. The SMILES string of the molecule is O=C(NCCO)c1cn(C2CCCCC2)nn1. The van der Waals surface area contributed by atoms with Crippen LogP contribution in [-0.4, -0.2) is 39.2 Å². The number of aliphatic hydroxyl groups excluding tert-OH is 1. The lowest BCUT2D eigenvalue weighted by molar-refractivity contribution is 0.0939. The van der Waals surface area contributed by atoms with Crippen LogP contribution in [-0.2, 0) is 0 Å². The zero-order valence-electron chi connectivity index (χ0n) is 9.80. The van der Waals surface area contributed by atoms with Crippen LogP contribution in [0.15, 0.2) is 6.20 Å². The molecule has 1 amide bonds. The molecule has 94 valence electrons. The lowest BCUT2D eigenvalue weighted by atomic mass is 9.96. The van der Waals surface area contributed by atoms with E-state index >= 15 is 0 Å². The molecule has 6 nitrogen and oxygen atoms in total. The monoisotopic (exact) mass is 238 g/mol. The number of carbonyl (C=O) groups is 1. The van der Waals surface area contributed by atoms with Gasteiger partial charge in [0, 0.05) is 6.54 Å². The number of aliphatic hydroxyl groups is 1. The molecular formula is C11H18N4O2. The summed E-state index contributed by atoms with van der Waals surface area (Å²) in [5.74, 6) is -0.277. The Balaban J connectivity index is 1.97. The van der Waals surface area contributed by atoms with Gasteiger partial charge in [-0.15, -0.1) is 5.10 Å². The molecule has 0 radical (unpaired) electrons. The van der Waals surface area contributed by atoms with E-state index in [1.807, 2.05) is 0 Å². The Labute approximate surface area is 100 Å². The van der Waals surface area contributed by atoms with Gasteiger partial charge in [-0.1, -0.05) is 24.5 Å². The summed E-state index contributed by atoms with van der Waals surface area (Å²) < 4.78 is 1.80. The van der Waals surface area contributed by atoms with Gasteiger partial charge in [-0.2, -0.15) is 0 Å². The summed E-state index contributed by atoms with van der Waals surface area (Å²) in [7, 11) is 0. The molecule has 0 saturated heterocycles. The predicted octanol–water partition coefficient (Wildman–Crippen LogP) is 0.505. The van der Waals surface area contributed by atoms with Gasteiger partial charge in [0.2, 0.25) is 0 Å². The molecule has 1 saturated carbocycles. The summed E-state index contributed by atoms with van der Waals surface area (Å²) >= 11 is 0. The van der Waals surface area contributed by atoms with E-state index in [0.29, 0.717) is 11.7 Å². The van der Waals surface area contributed by atoms with Gasteiger partial charge in [0.15, 0.2) is 5.69 Å². The zero-order valence-corrected chi connectivity index (χ0v) is 9.80. The third-order valence-corrected chi connectivity index (χ3v) is 3.09. The highest BCUT2D eigenvalue weighted by atomic mass is 16.3. The van der Waals surface area contributed by atoms with Gasteiger partial charge in [0.05, 0.1) is 18.8 Å². The summed E-state index contributed by atoms with van der Waals surface area (Å²) in [6.45, 7) is 0.178. The number of rotatable bonds is 4. The van der Waals surface area contributed by atoms with Crippen LogP contribution in [0.1, 0.15) is 48.6 Å². The van der Waals surface area contributed by atoms with Crippen molar-refractivity contribution in [2.75, 3.05) is 13.2 Å². The molecular weight excluding hydrogens is 220 g/mol. The van der Waals surface area contributed by atoms with E-state index in [0.717, 1.165) is 12.8 Å². The number of hydrogen-bond donors (Lipinski definition) is 2. The molecule has 0 atom stereocenters. The third-order valence-electron chi connectivity index (χ3n) is 3.09. The van der Waals surface area contributed by atoms with E-state index in [4.69, 9.17) is 5.11 Å². The molecule has 0 spiro atoms. The van der Waals surface area contributed by atoms with Crippen molar-refractivity contribution in [3.8, 4) is 0 Å². The first-order valence-electron chi connectivity index (χ1n) is 6.12. The van der Waals surface area contributed by atoms with E-state index < -0.39 is 0 Å². The maximum atomic E-state index is 11.6. The highest BCUT2D eigenvalue weighted by Crippen LogP contribution is 2.27. The summed E-state index contributed by atoms with van der Waals surface area (Å²) in [4.78, 5) is 11.6. The molecule has 2 rings (SSSR count). The first-order valence-corrected chi connectivity index (χ1v) is 6.12. The lowest BCUT2D eigenvalue weighted by Gasteiger charge is -2.20. The Hall–Kier alpha value is -1.43. The summed E-state index contributed by atoms with van der Waals surface area (Å²) in [5, 5.41) is 19.1. The Morgan fingerprint density at radius 2 is 2.24 bits per heavy atom. The molecule has 0 unspecified atom stereocenters. The second-order valence-electron chi connectivity index (χ2n) is 4.36. The van der Waals surface area contributed by atoms with Crippen molar-refractivity contribution in [2.45, 2.75) is 38.1 Å². The van der Waals surface area contributed by atoms with E-state index in [2.05, 4.69) is 15.6 Å². The van der Waals surface area contributed by atoms with Gasteiger partial charge in [-0.25, -0.2) is 4.68 Å². The average Bonchev–Trinajstić information content (AvgIpc) is 2.86. The molecule has 0 bridgehead atoms. The Kier molecular flexibility index (Phi) is 4.08. The van der Waals surface area contributed by atoms with Crippen molar-refractivity contribution in [2.24, 2.45) is 0 Å². The molecule has 0 aliphatic heterocycles. The summed E-state index contributed by atoms with van der Waals surface area (Å²) in [6.07, 6.45) is 7.65. The largest absolute Gasteiger partial charge is 0.395 e. The van der Waals surface area contributed by atoms with Crippen molar-refractivity contribution in [3.63, 3.8) is 0 Å². The average molecular weight is 238 g/mol. The highest BCUT2D eigenvalue weighted by Gasteiger charge is 2.18. The molecule has 1 aliphatic carbocycles. The molecule has 17 heavy (non-hydrogen) atoms. The number of nitrogens with zero attached hydrogens (tertiary/aromatic N) is 3. The number of nitrogens with one attached hydrogen (secondary N) is 1. The standard InChI is InChI=1S/C11H18N4O2/c16-7-6-12-11(17)10-8-15(14-13-10)9-4-2-1-3-5-9/h8-9,16H,1-7H2,(H,12,17). The summed E-state index contributed by atoms with van der Waals surface area (Å²) in [6, 6.07) is 0.385. The maximum absolute atomic E-state index is 11.6. The van der Waals surface area contributed by atoms with Gasteiger partial charge >= 0.3 is 0 Å². The first kappa shape index (κ1) is 12.0. The minimum atomic E-state index is -0.277. The Morgan fingerprint density at radius 3 is 2.94 bits per heavy atom. The third kappa shape index (κ3) is 3.03. The van der Waals surface area contributed by atoms with E-state index in [-0.39, 0.29) is 19.1 Å². The van der Waals surface area contributed by atoms with Crippen molar-refractivity contribution < 1.29 is 9.90 Å². The summed E-state index contributed by atoms with van der Waals surface area (Å²) in [5.41, 5.74) is 0.323. The highest BCUT2D eigenvalue weighted by molar-refractivity contribution is 5.91. The second kappa shape index (κ2) is 5.77. The smallest absolute Gasteiger partial charge is 0.273 e.